The third-order valence-corrected chi connectivity index (χ3v) is 5.08. The second-order valence-electron chi connectivity index (χ2n) is 7.26. The number of hydrogen-bond acceptors (Lipinski definition) is 6. The second kappa shape index (κ2) is 9.77. The molecule has 1 N–H and O–H groups in total. The Kier molecular flexibility index (Phi) is 6.44. The van der Waals surface area contributed by atoms with Gasteiger partial charge in [0, 0.05) is 29.6 Å². The molecule has 0 aliphatic carbocycles. The molecule has 33 heavy (non-hydrogen) atoms. The monoisotopic (exact) mass is 446 g/mol. The molecule has 10 nitrogen and oxygen atoms in total. The van der Waals surface area contributed by atoms with Crippen LogP contribution in [0.25, 0.3) is 10.9 Å². The molecule has 2 heterocycles. The molecular weight excluding hydrogens is 424 g/mol. The van der Waals surface area contributed by atoms with Crippen molar-refractivity contribution in [2.24, 2.45) is 5.10 Å². The highest BCUT2D eigenvalue weighted by molar-refractivity contribution is 5.99. The molecule has 0 spiro atoms. The van der Waals surface area contributed by atoms with Gasteiger partial charge in [0.2, 0.25) is 0 Å². The van der Waals surface area contributed by atoms with Gasteiger partial charge < -0.3 is 19.4 Å². The van der Waals surface area contributed by atoms with Crippen LogP contribution in [-0.2, 0) is 17.9 Å². The van der Waals surface area contributed by atoms with Crippen LogP contribution in [0.1, 0.15) is 11.4 Å². The minimum atomic E-state index is -0.576. The fraction of sp³-hybridized carbons (Fsp3) is 0.174. The Hall–Kier alpha value is -4.47. The first kappa shape index (κ1) is 21.8. The van der Waals surface area contributed by atoms with E-state index in [4.69, 9.17) is 4.74 Å². The predicted octanol–water partition coefficient (Wildman–Crippen LogP) is 3.28. The number of nitro groups is 1. The molecular formula is C23H22N6O4. The summed E-state index contributed by atoms with van der Waals surface area (Å²) in [7, 11) is 0. The summed E-state index contributed by atoms with van der Waals surface area (Å²) in [6.07, 6.45) is 4.63. The minimum absolute atomic E-state index is 0.243. The van der Waals surface area contributed by atoms with Gasteiger partial charge in [-0.2, -0.15) is 5.10 Å². The quantitative estimate of drug-likeness (QED) is 0.241. The molecule has 0 radical (unpaired) electrons. The molecule has 0 saturated carbocycles. The number of carbonyl (C=O) groups is 1. The van der Waals surface area contributed by atoms with Crippen LogP contribution in [0.3, 0.4) is 0 Å². The van der Waals surface area contributed by atoms with E-state index in [2.05, 4.69) is 20.1 Å². The van der Waals surface area contributed by atoms with E-state index in [1.54, 1.807) is 13.1 Å². The van der Waals surface area contributed by atoms with Crippen LogP contribution in [-0.4, -0.2) is 37.8 Å². The number of carbonyl (C=O) groups excluding carboxylic acids is 1. The molecule has 0 aliphatic rings. The number of aromatic nitrogens is 3. The van der Waals surface area contributed by atoms with E-state index in [0.717, 1.165) is 28.4 Å². The Bertz CT molecular complexity index is 1310. The normalized spacial score (nSPS) is 11.2. The first-order valence-corrected chi connectivity index (χ1v) is 10.3. The van der Waals surface area contributed by atoms with Crippen LogP contribution in [0.5, 0.6) is 5.75 Å². The maximum absolute atomic E-state index is 12.3. The summed E-state index contributed by atoms with van der Waals surface area (Å²) in [5.41, 5.74) is 4.28. The lowest BCUT2D eigenvalue weighted by Gasteiger charge is -2.08. The lowest BCUT2D eigenvalue weighted by Crippen LogP contribution is -2.24. The number of aryl methyl sites for hydroxylation is 1. The van der Waals surface area contributed by atoms with Gasteiger partial charge >= 0.3 is 5.82 Å². The van der Waals surface area contributed by atoms with Crippen molar-refractivity contribution in [3.63, 3.8) is 0 Å². The summed E-state index contributed by atoms with van der Waals surface area (Å²) in [4.78, 5) is 26.6. The largest absolute Gasteiger partial charge is 0.492 e. The molecule has 168 valence electrons. The summed E-state index contributed by atoms with van der Waals surface area (Å²) >= 11 is 0. The Morgan fingerprint density at radius 3 is 2.76 bits per heavy atom. The van der Waals surface area contributed by atoms with Crippen molar-refractivity contribution >= 4 is 28.8 Å². The van der Waals surface area contributed by atoms with Crippen molar-refractivity contribution in [1.82, 2.24) is 19.5 Å². The number of hydrogen-bond donors (Lipinski definition) is 1. The van der Waals surface area contributed by atoms with Crippen LogP contribution in [0.4, 0.5) is 5.82 Å². The molecule has 0 bridgehead atoms. The van der Waals surface area contributed by atoms with E-state index >= 15 is 0 Å². The van der Waals surface area contributed by atoms with Crippen LogP contribution < -0.4 is 10.2 Å². The maximum Gasteiger partial charge on any atom is 0.343 e. The van der Waals surface area contributed by atoms with Crippen LogP contribution in [0.15, 0.2) is 72.1 Å². The van der Waals surface area contributed by atoms with Crippen molar-refractivity contribution in [3.05, 3.63) is 88.5 Å². The summed E-state index contributed by atoms with van der Waals surface area (Å²) in [5, 5.41) is 16.1. The van der Waals surface area contributed by atoms with E-state index in [0.29, 0.717) is 19.0 Å². The number of ether oxygens (including phenoxy) is 1. The first-order chi connectivity index (χ1) is 16.0. The number of nitrogens with one attached hydrogen (secondary N) is 1. The number of hydrazone groups is 1. The smallest absolute Gasteiger partial charge is 0.343 e. The van der Waals surface area contributed by atoms with Crippen LogP contribution >= 0.6 is 0 Å². The minimum Gasteiger partial charge on any atom is -0.492 e. The van der Waals surface area contributed by atoms with E-state index in [1.165, 1.54) is 4.57 Å². The Morgan fingerprint density at radius 2 is 1.97 bits per heavy atom. The van der Waals surface area contributed by atoms with Gasteiger partial charge in [0.25, 0.3) is 5.91 Å². The van der Waals surface area contributed by atoms with Gasteiger partial charge in [0.05, 0.1) is 12.8 Å². The third-order valence-electron chi connectivity index (χ3n) is 5.08. The Labute approximate surface area is 189 Å². The topological polar surface area (TPSA) is 117 Å². The number of imidazole rings is 1. The summed E-state index contributed by atoms with van der Waals surface area (Å²) in [6.45, 7) is 2.48. The van der Waals surface area contributed by atoms with Gasteiger partial charge in [-0.1, -0.05) is 36.4 Å². The first-order valence-electron chi connectivity index (χ1n) is 10.3. The molecule has 2 aromatic heterocycles. The van der Waals surface area contributed by atoms with Crippen molar-refractivity contribution in [2.45, 2.75) is 20.0 Å². The highest BCUT2D eigenvalue weighted by Crippen LogP contribution is 2.20. The van der Waals surface area contributed by atoms with Crippen LogP contribution in [0, 0.1) is 17.0 Å². The zero-order valence-corrected chi connectivity index (χ0v) is 17.9. The molecule has 10 heteroatoms. The molecule has 4 rings (SSSR count). The number of benzene rings is 2. The lowest BCUT2D eigenvalue weighted by atomic mass is 10.2. The van der Waals surface area contributed by atoms with Crippen molar-refractivity contribution in [1.29, 1.82) is 0 Å². The van der Waals surface area contributed by atoms with Gasteiger partial charge in [0.15, 0.2) is 12.4 Å². The molecule has 2 aromatic carbocycles. The number of nitrogens with zero attached hydrogens (tertiary/aromatic N) is 5. The summed E-state index contributed by atoms with van der Waals surface area (Å²) in [5.74, 6) is 0.455. The number of rotatable bonds is 9. The molecule has 0 fully saturated rings. The fourth-order valence-corrected chi connectivity index (χ4v) is 3.49. The molecule has 0 unspecified atom stereocenters. The predicted molar refractivity (Wildman–Crippen MR) is 123 cm³/mol. The number of para-hydroxylation sites is 2. The standard InChI is InChI=1S/C23H22N6O4/c1-17-24-14-23(29(31)32)28(17)16-22(30)26-25-13-18-15-27(21-10-6-5-9-20(18)21)11-12-33-19-7-3-2-4-8-19/h2-10,13-15H,11-12,16H2,1H3,(H,26,30). The van der Waals surface area contributed by atoms with Crippen molar-refractivity contribution in [3.8, 4) is 5.75 Å². The number of fused-ring (bicyclic) bond motifs is 1. The summed E-state index contributed by atoms with van der Waals surface area (Å²) < 4.78 is 9.09. The lowest BCUT2D eigenvalue weighted by molar-refractivity contribution is -0.392. The second-order valence-corrected chi connectivity index (χ2v) is 7.26. The van der Waals surface area contributed by atoms with Gasteiger partial charge in [-0.25, -0.2) is 15.0 Å². The maximum atomic E-state index is 12.3. The third kappa shape index (κ3) is 5.06. The van der Waals surface area contributed by atoms with Crippen molar-refractivity contribution in [2.75, 3.05) is 6.61 Å². The van der Waals surface area contributed by atoms with Gasteiger partial charge in [-0.3, -0.25) is 4.79 Å². The highest BCUT2D eigenvalue weighted by Gasteiger charge is 2.20. The molecule has 0 saturated heterocycles. The molecule has 0 aliphatic heterocycles. The van der Waals surface area contributed by atoms with E-state index in [1.807, 2.05) is 60.8 Å². The molecule has 4 aromatic rings. The SMILES string of the molecule is Cc1ncc([N+](=O)[O-])n1CC(=O)NN=Cc1cn(CCOc2ccccc2)c2ccccc12. The van der Waals surface area contributed by atoms with Gasteiger partial charge in [-0.05, 0) is 23.1 Å². The van der Waals surface area contributed by atoms with E-state index < -0.39 is 10.8 Å². The summed E-state index contributed by atoms with van der Waals surface area (Å²) in [6, 6.07) is 17.5. The average Bonchev–Trinajstić information content (AvgIpc) is 3.35. The number of amides is 1. The zero-order valence-electron chi connectivity index (χ0n) is 17.9. The molecule has 0 atom stereocenters. The van der Waals surface area contributed by atoms with Gasteiger partial charge in [0.1, 0.15) is 18.6 Å². The fourth-order valence-electron chi connectivity index (χ4n) is 3.49. The Morgan fingerprint density at radius 1 is 1.21 bits per heavy atom. The zero-order chi connectivity index (χ0) is 23.2. The van der Waals surface area contributed by atoms with E-state index in [-0.39, 0.29) is 12.4 Å². The van der Waals surface area contributed by atoms with Crippen molar-refractivity contribution < 1.29 is 14.5 Å². The van der Waals surface area contributed by atoms with E-state index in [9.17, 15) is 14.9 Å². The molecule has 1 amide bonds. The average molecular weight is 446 g/mol. The van der Waals surface area contributed by atoms with Gasteiger partial charge in [-0.15, -0.1) is 0 Å². The van der Waals surface area contributed by atoms with Crippen LogP contribution in [0.2, 0.25) is 0 Å². The Balaban J connectivity index is 1.42. The highest BCUT2D eigenvalue weighted by atomic mass is 16.6.